The third-order valence-corrected chi connectivity index (χ3v) is 3.55. The SMILES string of the molecule is N1=NC2C3C1C1C2C31. The van der Waals surface area contributed by atoms with E-state index in [4.69, 9.17) is 0 Å². The molecular weight excluding hydrogens is 100 g/mol. The Morgan fingerprint density at radius 3 is 1.62 bits per heavy atom. The van der Waals surface area contributed by atoms with Crippen LogP contribution in [0.5, 0.6) is 0 Å². The number of hydrogen-bond acceptors (Lipinski definition) is 2. The van der Waals surface area contributed by atoms with Crippen LogP contribution in [0.15, 0.2) is 10.2 Å². The molecule has 0 aromatic carbocycles. The second kappa shape index (κ2) is 0.539. The minimum absolute atomic E-state index is 0.731. The van der Waals surface area contributed by atoms with Crippen molar-refractivity contribution in [3.8, 4) is 0 Å². The highest BCUT2D eigenvalue weighted by molar-refractivity contribution is 5.36. The molecule has 0 aromatic heterocycles. The largest absolute Gasteiger partial charge is 0.190 e. The van der Waals surface area contributed by atoms with Crippen molar-refractivity contribution in [2.45, 2.75) is 12.1 Å². The van der Waals surface area contributed by atoms with Crippen molar-refractivity contribution in [3.63, 3.8) is 0 Å². The summed E-state index contributed by atoms with van der Waals surface area (Å²) in [7, 11) is 0. The van der Waals surface area contributed by atoms with E-state index in [9.17, 15) is 0 Å². The first-order chi connectivity index (χ1) is 3.98. The first-order valence-corrected chi connectivity index (χ1v) is 3.38. The van der Waals surface area contributed by atoms with Crippen LogP contribution in [0.1, 0.15) is 0 Å². The van der Waals surface area contributed by atoms with Gasteiger partial charge >= 0.3 is 0 Å². The third-order valence-electron chi connectivity index (χ3n) is 3.55. The van der Waals surface area contributed by atoms with E-state index in [1.54, 1.807) is 0 Å². The summed E-state index contributed by atoms with van der Waals surface area (Å²) in [5.41, 5.74) is 0. The average molecular weight is 106 g/mol. The predicted molar refractivity (Wildman–Crippen MR) is 26.4 cm³/mol. The molecule has 0 aromatic rings. The Kier molecular flexibility index (Phi) is 0.198. The van der Waals surface area contributed by atoms with Crippen LogP contribution >= 0.6 is 0 Å². The van der Waals surface area contributed by atoms with Crippen molar-refractivity contribution in [1.82, 2.24) is 0 Å². The summed E-state index contributed by atoms with van der Waals surface area (Å²) in [6.45, 7) is 0. The number of rotatable bonds is 0. The molecule has 1 heterocycles. The Morgan fingerprint density at radius 1 is 0.625 bits per heavy atom. The van der Waals surface area contributed by atoms with Crippen LogP contribution in [0.3, 0.4) is 0 Å². The van der Waals surface area contributed by atoms with Gasteiger partial charge in [0.25, 0.3) is 0 Å². The summed E-state index contributed by atoms with van der Waals surface area (Å²) in [6, 6.07) is 1.46. The zero-order valence-corrected chi connectivity index (χ0v) is 4.36. The van der Waals surface area contributed by atoms with Crippen molar-refractivity contribution < 1.29 is 0 Å². The van der Waals surface area contributed by atoms with Crippen molar-refractivity contribution in [2.24, 2.45) is 33.9 Å². The minimum atomic E-state index is 0.731. The minimum Gasteiger partial charge on any atom is -0.190 e. The van der Waals surface area contributed by atoms with Gasteiger partial charge in [0.05, 0.1) is 12.1 Å². The summed E-state index contributed by atoms with van der Waals surface area (Å²) in [5, 5.41) is 8.36. The lowest BCUT2D eigenvalue weighted by molar-refractivity contribution is 0.202. The molecule has 4 rings (SSSR count). The molecule has 4 atom stereocenters. The zero-order valence-electron chi connectivity index (χ0n) is 4.36. The van der Waals surface area contributed by atoms with Crippen LogP contribution in [-0.4, -0.2) is 12.1 Å². The Bertz CT molecular complexity index is 191. The fourth-order valence-corrected chi connectivity index (χ4v) is 3.15. The normalized spacial score (nSPS) is 85.0. The van der Waals surface area contributed by atoms with Crippen LogP contribution in [-0.2, 0) is 0 Å². The Labute approximate surface area is 47.0 Å². The molecule has 0 N–H and O–H groups in total. The molecule has 0 bridgehead atoms. The van der Waals surface area contributed by atoms with Gasteiger partial charge in [-0.2, -0.15) is 10.2 Å². The van der Waals surface area contributed by atoms with E-state index >= 15 is 0 Å². The highest BCUT2D eigenvalue weighted by Gasteiger charge is 2.85. The van der Waals surface area contributed by atoms with Gasteiger partial charge in [-0.3, -0.25) is 0 Å². The lowest BCUT2D eigenvalue weighted by Crippen LogP contribution is -2.38. The molecule has 2 heteroatoms. The molecule has 0 amide bonds. The summed E-state index contributed by atoms with van der Waals surface area (Å²) in [5.74, 6) is 4.18. The zero-order chi connectivity index (χ0) is 4.88. The highest BCUT2D eigenvalue weighted by Crippen LogP contribution is 2.81. The van der Waals surface area contributed by atoms with Crippen molar-refractivity contribution in [2.75, 3.05) is 0 Å². The number of fused-ring (bicyclic) bond motifs is 3. The molecule has 0 radical (unpaired) electrons. The van der Waals surface area contributed by atoms with Gasteiger partial charge in [-0.15, -0.1) is 0 Å². The maximum Gasteiger partial charge on any atom is 0.0795 e. The van der Waals surface area contributed by atoms with E-state index in [1.807, 2.05) is 0 Å². The second-order valence-corrected chi connectivity index (χ2v) is 3.52. The molecule has 3 saturated carbocycles. The lowest BCUT2D eigenvalue weighted by Gasteiger charge is -2.31. The van der Waals surface area contributed by atoms with Crippen LogP contribution in [0, 0.1) is 23.7 Å². The van der Waals surface area contributed by atoms with Gasteiger partial charge in [-0.05, 0) is 17.8 Å². The average Bonchev–Trinajstić information content (AvgIpc) is 2.04. The second-order valence-electron chi connectivity index (χ2n) is 3.52. The van der Waals surface area contributed by atoms with Gasteiger partial charge in [0, 0.05) is 5.92 Å². The van der Waals surface area contributed by atoms with Gasteiger partial charge < -0.3 is 0 Å². The lowest BCUT2D eigenvalue weighted by atomic mass is 9.73. The Hall–Kier alpha value is -0.400. The van der Waals surface area contributed by atoms with E-state index in [-0.39, 0.29) is 0 Å². The molecule has 4 unspecified atom stereocenters. The molecule has 2 nitrogen and oxygen atoms in total. The topological polar surface area (TPSA) is 24.7 Å². The van der Waals surface area contributed by atoms with Crippen LogP contribution < -0.4 is 0 Å². The van der Waals surface area contributed by atoms with E-state index < -0.39 is 0 Å². The van der Waals surface area contributed by atoms with Gasteiger partial charge in [-0.1, -0.05) is 0 Å². The first kappa shape index (κ1) is 2.95. The third kappa shape index (κ3) is 0.0990. The molecule has 0 saturated heterocycles. The van der Waals surface area contributed by atoms with Gasteiger partial charge in [-0.25, -0.2) is 0 Å². The van der Waals surface area contributed by atoms with Gasteiger partial charge in [0.2, 0.25) is 0 Å². The van der Waals surface area contributed by atoms with Crippen molar-refractivity contribution in [3.05, 3.63) is 0 Å². The monoisotopic (exact) mass is 106 g/mol. The number of nitrogens with zero attached hydrogens (tertiary/aromatic N) is 2. The first-order valence-electron chi connectivity index (χ1n) is 3.38. The van der Waals surface area contributed by atoms with E-state index in [0.29, 0.717) is 0 Å². The molecule has 4 aliphatic rings. The molecular formula is C6H6N2. The summed E-state index contributed by atoms with van der Waals surface area (Å²) < 4.78 is 0. The summed E-state index contributed by atoms with van der Waals surface area (Å²) in [4.78, 5) is 0. The maximum absolute atomic E-state index is 4.18. The quantitative estimate of drug-likeness (QED) is 0.434. The highest BCUT2D eigenvalue weighted by atomic mass is 15.3. The van der Waals surface area contributed by atoms with Gasteiger partial charge in [0.15, 0.2) is 0 Å². The number of azo groups is 1. The summed E-state index contributed by atoms with van der Waals surface area (Å²) in [6.07, 6.45) is 0. The van der Waals surface area contributed by atoms with E-state index in [1.165, 1.54) is 0 Å². The molecule has 0 spiro atoms. The fraction of sp³-hybridized carbons (Fsp3) is 1.00. The smallest absolute Gasteiger partial charge is 0.0795 e. The molecule has 1 aliphatic heterocycles. The number of hydrogen-bond donors (Lipinski definition) is 0. The maximum atomic E-state index is 4.18. The molecule has 40 valence electrons. The Balaban J connectivity index is 2.11. The van der Waals surface area contributed by atoms with Crippen molar-refractivity contribution >= 4 is 0 Å². The van der Waals surface area contributed by atoms with Crippen LogP contribution in [0.4, 0.5) is 0 Å². The van der Waals surface area contributed by atoms with Gasteiger partial charge in [0.1, 0.15) is 0 Å². The van der Waals surface area contributed by atoms with Crippen molar-refractivity contribution in [1.29, 1.82) is 0 Å². The van der Waals surface area contributed by atoms with Crippen LogP contribution in [0.25, 0.3) is 0 Å². The predicted octanol–water partition coefficient (Wildman–Crippen LogP) is 0.695. The fourth-order valence-electron chi connectivity index (χ4n) is 3.15. The molecule has 3 fully saturated rings. The van der Waals surface area contributed by atoms with E-state index in [0.717, 1.165) is 35.8 Å². The summed E-state index contributed by atoms with van der Waals surface area (Å²) >= 11 is 0. The van der Waals surface area contributed by atoms with E-state index in [2.05, 4.69) is 10.2 Å². The standard InChI is InChI=1S/C6H6N2/c7-5-2-1-3(2)6(8-7)4(1)5/h1-6H. The van der Waals surface area contributed by atoms with Crippen LogP contribution in [0.2, 0.25) is 0 Å². The molecule has 8 heavy (non-hydrogen) atoms. The molecule has 3 aliphatic carbocycles. The Morgan fingerprint density at radius 2 is 1.25 bits per heavy atom.